The highest BCUT2D eigenvalue weighted by atomic mass is 32.2. The molecule has 1 rings (SSSR count). The second kappa shape index (κ2) is 4.54. The first-order valence-electron chi connectivity index (χ1n) is 4.18. The van der Waals surface area contributed by atoms with Crippen LogP contribution in [0.1, 0.15) is 13.3 Å². The fraction of sp³-hybridized carbons (Fsp3) is 0.571. The number of hydrogen-bond acceptors (Lipinski definition) is 4. The summed E-state index contributed by atoms with van der Waals surface area (Å²) in [7, 11) is -3.49. The summed E-state index contributed by atoms with van der Waals surface area (Å²) in [4.78, 5) is 6.10. The normalized spacial score (nSPS) is 14.1. The van der Waals surface area contributed by atoms with Gasteiger partial charge in [-0.2, -0.15) is 0 Å². The van der Waals surface area contributed by atoms with Gasteiger partial charge in [-0.05, 0) is 13.3 Å². The SMILES string of the molecule is CC(O)CCNS(=O)(=O)c1cnc[nH]1. The van der Waals surface area contributed by atoms with Crippen molar-refractivity contribution in [2.24, 2.45) is 0 Å². The van der Waals surface area contributed by atoms with Gasteiger partial charge in [-0.1, -0.05) is 0 Å². The van der Waals surface area contributed by atoms with Crippen LogP contribution in [0.5, 0.6) is 0 Å². The number of nitrogens with zero attached hydrogens (tertiary/aromatic N) is 1. The molecule has 1 aromatic rings. The summed E-state index contributed by atoms with van der Waals surface area (Å²) in [6.07, 6.45) is 2.39. The van der Waals surface area contributed by atoms with Crippen LogP contribution in [0.15, 0.2) is 17.6 Å². The molecule has 1 heterocycles. The molecule has 0 aliphatic rings. The highest BCUT2D eigenvalue weighted by Crippen LogP contribution is 2.01. The molecule has 1 atom stereocenters. The van der Waals surface area contributed by atoms with Gasteiger partial charge in [-0.15, -0.1) is 0 Å². The molecule has 1 unspecified atom stereocenters. The Hall–Kier alpha value is -0.920. The quantitative estimate of drug-likeness (QED) is 0.619. The summed E-state index contributed by atoms with van der Waals surface area (Å²) in [5, 5.41) is 8.96. The molecule has 7 heteroatoms. The van der Waals surface area contributed by atoms with Gasteiger partial charge < -0.3 is 10.1 Å². The van der Waals surface area contributed by atoms with E-state index in [1.165, 1.54) is 12.5 Å². The first-order chi connectivity index (χ1) is 6.52. The Morgan fingerprint density at radius 2 is 2.43 bits per heavy atom. The Bertz CT molecular complexity index is 358. The van der Waals surface area contributed by atoms with E-state index in [0.717, 1.165) is 0 Å². The number of hydrogen-bond donors (Lipinski definition) is 3. The number of sulfonamides is 1. The fourth-order valence-corrected chi connectivity index (χ4v) is 1.82. The topological polar surface area (TPSA) is 95.1 Å². The summed E-state index contributed by atoms with van der Waals surface area (Å²) < 4.78 is 25.2. The monoisotopic (exact) mass is 219 g/mol. The summed E-state index contributed by atoms with van der Waals surface area (Å²) in [5.41, 5.74) is 0. The third-order valence-electron chi connectivity index (χ3n) is 1.62. The maximum atomic E-state index is 11.4. The van der Waals surface area contributed by atoms with Gasteiger partial charge in [-0.25, -0.2) is 18.1 Å². The third-order valence-corrected chi connectivity index (χ3v) is 3.00. The van der Waals surface area contributed by atoms with Crippen molar-refractivity contribution in [3.05, 3.63) is 12.5 Å². The molecule has 0 bridgehead atoms. The maximum absolute atomic E-state index is 11.4. The molecular formula is C7H13N3O3S. The molecule has 0 saturated heterocycles. The third kappa shape index (κ3) is 3.09. The van der Waals surface area contributed by atoms with Gasteiger partial charge in [0, 0.05) is 6.54 Å². The summed E-state index contributed by atoms with van der Waals surface area (Å²) in [6, 6.07) is 0. The number of rotatable bonds is 5. The van der Waals surface area contributed by atoms with E-state index in [4.69, 9.17) is 5.11 Å². The van der Waals surface area contributed by atoms with Gasteiger partial charge in [-0.3, -0.25) is 0 Å². The van der Waals surface area contributed by atoms with E-state index in [9.17, 15) is 8.42 Å². The number of aromatic amines is 1. The minimum atomic E-state index is -3.49. The van der Waals surface area contributed by atoms with E-state index in [0.29, 0.717) is 6.42 Å². The number of nitrogens with one attached hydrogen (secondary N) is 2. The summed E-state index contributed by atoms with van der Waals surface area (Å²) in [5.74, 6) is 0. The Morgan fingerprint density at radius 3 is 2.93 bits per heavy atom. The molecule has 0 aliphatic heterocycles. The predicted molar refractivity (Wildman–Crippen MR) is 50.1 cm³/mol. The van der Waals surface area contributed by atoms with Crippen molar-refractivity contribution in [2.45, 2.75) is 24.5 Å². The predicted octanol–water partition coefficient (Wildman–Crippen LogP) is -0.541. The van der Waals surface area contributed by atoms with Crippen LogP contribution in [-0.2, 0) is 10.0 Å². The lowest BCUT2D eigenvalue weighted by atomic mass is 10.3. The number of aliphatic hydroxyl groups is 1. The van der Waals surface area contributed by atoms with E-state index in [1.807, 2.05) is 0 Å². The van der Waals surface area contributed by atoms with Crippen molar-refractivity contribution in [1.29, 1.82) is 0 Å². The number of H-pyrrole nitrogens is 1. The van der Waals surface area contributed by atoms with Gasteiger partial charge in [0.05, 0.1) is 18.6 Å². The van der Waals surface area contributed by atoms with Gasteiger partial charge in [0.15, 0.2) is 5.03 Å². The van der Waals surface area contributed by atoms with E-state index in [1.54, 1.807) is 6.92 Å². The van der Waals surface area contributed by atoms with Crippen LogP contribution in [0.25, 0.3) is 0 Å². The highest BCUT2D eigenvalue weighted by molar-refractivity contribution is 7.89. The lowest BCUT2D eigenvalue weighted by Gasteiger charge is -2.05. The molecule has 80 valence electrons. The summed E-state index contributed by atoms with van der Waals surface area (Å²) >= 11 is 0. The Balaban J connectivity index is 2.52. The molecule has 3 N–H and O–H groups in total. The minimum absolute atomic E-state index is 0.0306. The van der Waals surface area contributed by atoms with Crippen LogP contribution in [0, 0.1) is 0 Å². The average molecular weight is 219 g/mol. The molecule has 0 saturated carbocycles. The van der Waals surface area contributed by atoms with Crippen LogP contribution >= 0.6 is 0 Å². The first kappa shape index (κ1) is 11.2. The molecule has 0 radical (unpaired) electrons. The molecule has 14 heavy (non-hydrogen) atoms. The lowest BCUT2D eigenvalue weighted by molar-refractivity contribution is 0.186. The molecule has 6 nitrogen and oxygen atoms in total. The highest BCUT2D eigenvalue weighted by Gasteiger charge is 2.14. The van der Waals surface area contributed by atoms with Crippen LogP contribution in [0.3, 0.4) is 0 Å². The standard InChI is InChI=1S/C7H13N3O3S/c1-6(11)2-3-10-14(12,13)7-4-8-5-9-7/h4-6,10-11H,2-3H2,1H3,(H,8,9). The van der Waals surface area contributed by atoms with Crippen molar-refractivity contribution in [3.63, 3.8) is 0 Å². The number of aromatic nitrogens is 2. The molecule has 0 aromatic carbocycles. The smallest absolute Gasteiger partial charge is 0.257 e. The van der Waals surface area contributed by atoms with Crippen molar-refractivity contribution < 1.29 is 13.5 Å². The second-order valence-electron chi connectivity index (χ2n) is 2.95. The molecule has 1 aromatic heterocycles. The minimum Gasteiger partial charge on any atom is -0.393 e. The van der Waals surface area contributed by atoms with Crippen LogP contribution < -0.4 is 4.72 Å². The van der Waals surface area contributed by atoms with Crippen molar-refractivity contribution >= 4 is 10.0 Å². The van der Waals surface area contributed by atoms with E-state index in [-0.39, 0.29) is 11.6 Å². The largest absolute Gasteiger partial charge is 0.393 e. The van der Waals surface area contributed by atoms with Crippen LogP contribution in [-0.4, -0.2) is 36.1 Å². The second-order valence-corrected chi connectivity index (χ2v) is 4.69. The van der Waals surface area contributed by atoms with Crippen molar-refractivity contribution in [1.82, 2.24) is 14.7 Å². The summed E-state index contributed by atoms with van der Waals surface area (Å²) in [6.45, 7) is 1.81. The zero-order chi connectivity index (χ0) is 10.6. The Kier molecular flexibility index (Phi) is 3.62. The van der Waals surface area contributed by atoms with Gasteiger partial charge in [0.25, 0.3) is 10.0 Å². The molecule has 0 aliphatic carbocycles. The van der Waals surface area contributed by atoms with Gasteiger partial charge in [0.1, 0.15) is 0 Å². The van der Waals surface area contributed by atoms with Gasteiger partial charge in [0.2, 0.25) is 0 Å². The zero-order valence-corrected chi connectivity index (χ0v) is 8.58. The van der Waals surface area contributed by atoms with E-state index in [2.05, 4.69) is 14.7 Å². The van der Waals surface area contributed by atoms with E-state index < -0.39 is 16.1 Å². The van der Waals surface area contributed by atoms with Crippen LogP contribution in [0.4, 0.5) is 0 Å². The van der Waals surface area contributed by atoms with E-state index >= 15 is 0 Å². The Labute approximate surface area is 82.4 Å². The molecular weight excluding hydrogens is 206 g/mol. The van der Waals surface area contributed by atoms with Crippen molar-refractivity contribution in [2.75, 3.05) is 6.54 Å². The lowest BCUT2D eigenvalue weighted by Crippen LogP contribution is -2.26. The fourth-order valence-electron chi connectivity index (χ4n) is 0.870. The van der Waals surface area contributed by atoms with Crippen LogP contribution in [0.2, 0.25) is 0 Å². The molecule has 0 spiro atoms. The number of imidazole rings is 1. The molecule has 0 amide bonds. The molecule has 0 fully saturated rings. The number of aliphatic hydroxyl groups excluding tert-OH is 1. The zero-order valence-electron chi connectivity index (χ0n) is 7.77. The Morgan fingerprint density at radius 1 is 1.71 bits per heavy atom. The first-order valence-corrected chi connectivity index (χ1v) is 5.67. The van der Waals surface area contributed by atoms with Gasteiger partial charge >= 0.3 is 0 Å². The average Bonchev–Trinajstić information content (AvgIpc) is 2.54. The maximum Gasteiger partial charge on any atom is 0.257 e. The van der Waals surface area contributed by atoms with Crippen molar-refractivity contribution in [3.8, 4) is 0 Å².